The molecule has 1 heterocycles. The number of rotatable bonds is 4. The van der Waals surface area contributed by atoms with E-state index in [-0.39, 0.29) is 17.3 Å². The molecule has 0 unspecified atom stereocenters. The molecule has 118 valence electrons. The van der Waals surface area contributed by atoms with Gasteiger partial charge in [0.05, 0.1) is 19.1 Å². The number of Topliss-reactive ketones (excluding diaryl/α,β-unsaturated/α-hetero) is 1. The summed E-state index contributed by atoms with van der Waals surface area (Å²) in [6.07, 6.45) is 1.30. The highest BCUT2D eigenvalue weighted by molar-refractivity contribution is 5.83. The van der Waals surface area contributed by atoms with Crippen LogP contribution in [0, 0.1) is 16.0 Å². The first-order valence-electron chi connectivity index (χ1n) is 7.57. The average Bonchev–Trinajstić information content (AvgIpc) is 2.97. The van der Waals surface area contributed by atoms with E-state index in [1.807, 2.05) is 30.3 Å². The third kappa shape index (κ3) is 3.03. The number of carbonyl (C=O) groups excluding carboxylic acids is 1. The van der Waals surface area contributed by atoms with Crippen molar-refractivity contribution >= 4 is 5.78 Å². The highest BCUT2D eigenvalue weighted by Crippen LogP contribution is 2.42. The van der Waals surface area contributed by atoms with Crippen molar-refractivity contribution in [1.29, 1.82) is 0 Å². The Morgan fingerprint density at radius 2 is 1.95 bits per heavy atom. The van der Waals surface area contributed by atoms with E-state index in [4.69, 9.17) is 9.47 Å². The fourth-order valence-corrected chi connectivity index (χ4v) is 3.50. The van der Waals surface area contributed by atoms with Crippen molar-refractivity contribution in [3.8, 4) is 0 Å². The molecule has 1 spiro atoms. The van der Waals surface area contributed by atoms with E-state index in [1.165, 1.54) is 0 Å². The summed E-state index contributed by atoms with van der Waals surface area (Å²) < 4.78 is 11.4. The van der Waals surface area contributed by atoms with Crippen LogP contribution < -0.4 is 0 Å². The van der Waals surface area contributed by atoms with Gasteiger partial charge in [-0.05, 0) is 5.56 Å². The van der Waals surface area contributed by atoms with Crippen molar-refractivity contribution in [3.63, 3.8) is 0 Å². The Bertz CT molecular complexity index is 553. The minimum absolute atomic E-state index is 0.0698. The van der Waals surface area contributed by atoms with Crippen LogP contribution in [-0.4, -0.2) is 36.3 Å². The van der Waals surface area contributed by atoms with Gasteiger partial charge in [-0.2, -0.15) is 0 Å². The molecular formula is C16H19NO5. The number of ether oxygens (including phenoxy) is 2. The summed E-state index contributed by atoms with van der Waals surface area (Å²) in [5, 5.41) is 11.1. The van der Waals surface area contributed by atoms with Crippen LogP contribution in [0.2, 0.25) is 0 Å². The molecule has 0 aromatic heterocycles. The van der Waals surface area contributed by atoms with Crippen LogP contribution in [0.3, 0.4) is 0 Å². The Hall–Kier alpha value is -1.79. The number of ketones is 1. The van der Waals surface area contributed by atoms with Crippen molar-refractivity contribution in [1.82, 2.24) is 0 Å². The van der Waals surface area contributed by atoms with Gasteiger partial charge in [-0.15, -0.1) is 0 Å². The molecule has 1 saturated heterocycles. The lowest BCUT2D eigenvalue weighted by atomic mass is 9.73. The van der Waals surface area contributed by atoms with Crippen molar-refractivity contribution in [3.05, 3.63) is 46.0 Å². The molecule has 0 amide bonds. The average molecular weight is 305 g/mol. The highest BCUT2D eigenvalue weighted by Gasteiger charge is 2.48. The minimum atomic E-state index is -0.720. The maximum atomic E-state index is 12.4. The second-order valence-corrected chi connectivity index (χ2v) is 5.92. The molecule has 1 aliphatic carbocycles. The summed E-state index contributed by atoms with van der Waals surface area (Å²) in [6, 6.07) is 9.24. The van der Waals surface area contributed by atoms with E-state index < -0.39 is 17.6 Å². The molecule has 1 aromatic rings. The van der Waals surface area contributed by atoms with Crippen LogP contribution in [0.1, 0.15) is 30.7 Å². The Balaban J connectivity index is 1.88. The molecule has 2 fully saturated rings. The molecule has 22 heavy (non-hydrogen) atoms. The lowest BCUT2D eigenvalue weighted by Crippen LogP contribution is -2.43. The van der Waals surface area contributed by atoms with Gasteiger partial charge in [0.15, 0.2) is 5.79 Å². The number of nitrogens with zero attached hydrogens (tertiary/aromatic N) is 1. The van der Waals surface area contributed by atoms with Gasteiger partial charge < -0.3 is 9.47 Å². The molecule has 1 aromatic carbocycles. The van der Waals surface area contributed by atoms with Gasteiger partial charge in [0.25, 0.3) is 0 Å². The normalized spacial score (nSPS) is 25.3. The van der Waals surface area contributed by atoms with Crippen LogP contribution in [0.4, 0.5) is 0 Å². The van der Waals surface area contributed by atoms with Crippen molar-refractivity contribution in [2.75, 3.05) is 19.8 Å². The molecule has 1 aliphatic heterocycles. The number of hydrogen-bond acceptors (Lipinski definition) is 5. The molecule has 0 radical (unpaired) electrons. The number of benzene rings is 1. The molecule has 2 aliphatic rings. The van der Waals surface area contributed by atoms with E-state index in [0.29, 0.717) is 32.5 Å². The van der Waals surface area contributed by atoms with Gasteiger partial charge in [-0.25, -0.2) is 0 Å². The summed E-state index contributed by atoms with van der Waals surface area (Å²) in [7, 11) is 0. The Kier molecular flexibility index (Phi) is 4.22. The molecule has 1 saturated carbocycles. The fourth-order valence-electron chi connectivity index (χ4n) is 3.50. The summed E-state index contributed by atoms with van der Waals surface area (Å²) in [5.74, 6) is -1.52. The highest BCUT2D eigenvalue weighted by atomic mass is 16.7. The SMILES string of the molecule is O=C1CCC2(C[C@@H]1[C@H](C[N+](=O)[O-])c1ccccc1)OCCO2. The van der Waals surface area contributed by atoms with Gasteiger partial charge in [0, 0.05) is 30.1 Å². The predicted molar refractivity (Wildman–Crippen MR) is 78.0 cm³/mol. The van der Waals surface area contributed by atoms with Gasteiger partial charge in [0.2, 0.25) is 6.54 Å². The van der Waals surface area contributed by atoms with E-state index >= 15 is 0 Å². The van der Waals surface area contributed by atoms with Gasteiger partial charge in [-0.3, -0.25) is 14.9 Å². The molecular weight excluding hydrogens is 286 g/mol. The summed E-state index contributed by atoms with van der Waals surface area (Å²) >= 11 is 0. The molecule has 6 heteroatoms. The molecule has 0 N–H and O–H groups in total. The lowest BCUT2D eigenvalue weighted by molar-refractivity contribution is -0.484. The zero-order valence-electron chi connectivity index (χ0n) is 12.3. The van der Waals surface area contributed by atoms with Gasteiger partial charge >= 0.3 is 0 Å². The number of hydrogen-bond donors (Lipinski definition) is 0. The topological polar surface area (TPSA) is 78.7 Å². The Morgan fingerprint density at radius 3 is 2.59 bits per heavy atom. The van der Waals surface area contributed by atoms with Crippen molar-refractivity contribution in [2.24, 2.45) is 5.92 Å². The zero-order chi connectivity index (χ0) is 15.6. The standard InChI is InChI=1S/C16H19NO5/c18-15-6-7-16(21-8-9-22-16)10-13(15)14(11-17(19)20)12-4-2-1-3-5-12/h1-5,13-14H,6-11H2/t13-,14-/m1/s1. The van der Waals surface area contributed by atoms with Crippen LogP contribution in [-0.2, 0) is 14.3 Å². The smallest absolute Gasteiger partial charge is 0.211 e. The summed E-state index contributed by atoms with van der Waals surface area (Å²) in [4.78, 5) is 23.1. The maximum Gasteiger partial charge on any atom is 0.211 e. The van der Waals surface area contributed by atoms with Crippen LogP contribution in [0.15, 0.2) is 30.3 Å². The first-order valence-corrected chi connectivity index (χ1v) is 7.57. The van der Waals surface area contributed by atoms with Crippen molar-refractivity contribution < 1.29 is 19.2 Å². The second kappa shape index (κ2) is 6.14. The van der Waals surface area contributed by atoms with E-state index in [1.54, 1.807) is 0 Å². The maximum absolute atomic E-state index is 12.4. The minimum Gasteiger partial charge on any atom is -0.347 e. The molecule has 2 atom stereocenters. The first-order chi connectivity index (χ1) is 10.6. The molecule has 6 nitrogen and oxygen atoms in total. The zero-order valence-corrected chi connectivity index (χ0v) is 12.3. The van der Waals surface area contributed by atoms with Crippen LogP contribution >= 0.6 is 0 Å². The number of nitro groups is 1. The largest absolute Gasteiger partial charge is 0.347 e. The lowest BCUT2D eigenvalue weighted by Gasteiger charge is -2.37. The van der Waals surface area contributed by atoms with E-state index in [9.17, 15) is 14.9 Å². The monoisotopic (exact) mass is 305 g/mol. The van der Waals surface area contributed by atoms with Gasteiger partial charge in [-0.1, -0.05) is 30.3 Å². The first kappa shape index (κ1) is 15.1. The third-order valence-electron chi connectivity index (χ3n) is 4.57. The molecule has 0 bridgehead atoms. The van der Waals surface area contributed by atoms with Crippen molar-refractivity contribution in [2.45, 2.75) is 31.0 Å². The second-order valence-electron chi connectivity index (χ2n) is 5.92. The quantitative estimate of drug-likeness (QED) is 0.629. The fraction of sp³-hybridized carbons (Fsp3) is 0.562. The number of carbonyl (C=O) groups is 1. The summed E-state index contributed by atoms with van der Waals surface area (Å²) in [6.45, 7) is 0.787. The van der Waals surface area contributed by atoms with Gasteiger partial charge in [0.1, 0.15) is 5.78 Å². The predicted octanol–water partition coefficient (Wildman–Crippen LogP) is 2.16. The van der Waals surface area contributed by atoms with Crippen LogP contribution in [0.25, 0.3) is 0 Å². The van der Waals surface area contributed by atoms with E-state index in [2.05, 4.69) is 0 Å². The van der Waals surface area contributed by atoms with Crippen LogP contribution in [0.5, 0.6) is 0 Å². The Morgan fingerprint density at radius 1 is 1.27 bits per heavy atom. The summed E-state index contributed by atoms with van der Waals surface area (Å²) in [5.41, 5.74) is 0.826. The Labute approximate surface area is 128 Å². The molecule has 3 rings (SSSR count). The third-order valence-corrected chi connectivity index (χ3v) is 4.57. The van der Waals surface area contributed by atoms with E-state index in [0.717, 1.165) is 5.56 Å².